The summed E-state index contributed by atoms with van der Waals surface area (Å²) < 4.78 is 25.9. The number of hydrogen-bond donors (Lipinski definition) is 2. The second kappa shape index (κ2) is 7.12. The first kappa shape index (κ1) is 17.9. The molecule has 2 heterocycles. The van der Waals surface area contributed by atoms with E-state index in [1.165, 1.54) is 23.6 Å². The Hall–Kier alpha value is -2.94. The van der Waals surface area contributed by atoms with Gasteiger partial charge in [0.2, 0.25) is 5.91 Å². The summed E-state index contributed by atoms with van der Waals surface area (Å²) in [6.07, 6.45) is 1.02. The second-order valence-corrected chi connectivity index (χ2v) is 6.82. The molecule has 0 aliphatic rings. The minimum atomic E-state index is -1.00. The molecule has 1 aromatic carbocycles. The van der Waals surface area contributed by atoms with E-state index in [1.807, 2.05) is 13.8 Å². The largest absolute Gasteiger partial charge is 0.309 e. The fraction of sp³-hybridized carbons (Fsp3) is 0.176. The second-order valence-electron chi connectivity index (χ2n) is 5.62. The van der Waals surface area contributed by atoms with Crippen molar-refractivity contribution in [2.24, 2.45) is 5.10 Å². The van der Waals surface area contributed by atoms with E-state index in [-0.39, 0.29) is 17.8 Å². The zero-order valence-electron chi connectivity index (χ0n) is 13.9. The first-order valence-electron chi connectivity index (χ1n) is 7.61. The summed E-state index contributed by atoms with van der Waals surface area (Å²) in [7, 11) is 0. The van der Waals surface area contributed by atoms with Crippen molar-refractivity contribution in [3.63, 3.8) is 0 Å². The van der Waals surface area contributed by atoms with Crippen LogP contribution in [0, 0.1) is 25.5 Å². The van der Waals surface area contributed by atoms with Crippen LogP contribution in [-0.2, 0) is 11.2 Å². The average Bonchev–Trinajstić information content (AvgIpc) is 2.85. The molecule has 0 unspecified atom stereocenters. The molecule has 0 saturated carbocycles. The maximum atomic E-state index is 13.1. The number of fused-ring (bicyclic) bond motifs is 1. The van der Waals surface area contributed by atoms with Crippen LogP contribution in [0.25, 0.3) is 10.2 Å². The van der Waals surface area contributed by atoms with Crippen molar-refractivity contribution in [2.45, 2.75) is 20.3 Å². The van der Waals surface area contributed by atoms with Gasteiger partial charge in [-0.2, -0.15) is 5.10 Å². The lowest BCUT2D eigenvalue weighted by Crippen LogP contribution is -2.23. The number of thiophene rings is 1. The molecule has 0 spiro atoms. The van der Waals surface area contributed by atoms with Gasteiger partial charge >= 0.3 is 0 Å². The third-order valence-corrected chi connectivity index (χ3v) is 4.86. The molecule has 2 aromatic heterocycles. The Morgan fingerprint density at radius 2 is 2.12 bits per heavy atom. The fourth-order valence-corrected chi connectivity index (χ4v) is 3.39. The van der Waals surface area contributed by atoms with Crippen molar-refractivity contribution in [3.05, 3.63) is 62.0 Å². The third-order valence-electron chi connectivity index (χ3n) is 3.76. The minimum absolute atomic E-state index is 0.170. The van der Waals surface area contributed by atoms with E-state index in [0.29, 0.717) is 15.8 Å². The van der Waals surface area contributed by atoms with Crippen LogP contribution >= 0.6 is 11.3 Å². The molecule has 9 heteroatoms. The Bertz CT molecular complexity index is 1090. The van der Waals surface area contributed by atoms with Gasteiger partial charge < -0.3 is 4.98 Å². The Morgan fingerprint density at radius 1 is 1.35 bits per heavy atom. The highest BCUT2D eigenvalue weighted by molar-refractivity contribution is 7.18. The molecule has 6 nitrogen and oxygen atoms in total. The monoisotopic (exact) mass is 376 g/mol. The number of rotatable bonds is 4. The molecule has 134 valence electrons. The Morgan fingerprint density at radius 3 is 2.85 bits per heavy atom. The van der Waals surface area contributed by atoms with Crippen LogP contribution in [0.4, 0.5) is 8.78 Å². The highest BCUT2D eigenvalue weighted by Gasteiger charge is 2.13. The minimum Gasteiger partial charge on any atom is -0.309 e. The fourth-order valence-electron chi connectivity index (χ4n) is 2.35. The SMILES string of the molecule is Cc1sc2nc(CC(=O)N/N=C\c3ccc(F)c(F)c3)[nH]c(=O)c2c1C. The molecule has 1 amide bonds. The first-order chi connectivity index (χ1) is 12.3. The number of benzene rings is 1. The van der Waals surface area contributed by atoms with Crippen LogP contribution in [0.15, 0.2) is 28.1 Å². The van der Waals surface area contributed by atoms with Gasteiger partial charge in [0.05, 0.1) is 18.0 Å². The Balaban J connectivity index is 1.70. The zero-order valence-corrected chi connectivity index (χ0v) is 14.7. The molecule has 0 atom stereocenters. The molecule has 0 saturated heterocycles. The molecule has 26 heavy (non-hydrogen) atoms. The topological polar surface area (TPSA) is 87.2 Å². The Labute approximate surface area is 150 Å². The average molecular weight is 376 g/mol. The van der Waals surface area contributed by atoms with Crippen LogP contribution < -0.4 is 11.0 Å². The number of amides is 1. The molecular weight excluding hydrogens is 362 g/mol. The number of aryl methyl sites for hydroxylation is 2. The number of hydrazone groups is 1. The summed E-state index contributed by atoms with van der Waals surface area (Å²) in [5.41, 5.74) is 3.14. The van der Waals surface area contributed by atoms with Crippen molar-refractivity contribution in [3.8, 4) is 0 Å². The van der Waals surface area contributed by atoms with Gasteiger partial charge in [-0.3, -0.25) is 9.59 Å². The lowest BCUT2D eigenvalue weighted by atomic mass is 10.2. The summed E-state index contributed by atoms with van der Waals surface area (Å²) in [4.78, 5) is 32.6. The van der Waals surface area contributed by atoms with Crippen molar-refractivity contribution < 1.29 is 13.6 Å². The molecule has 0 radical (unpaired) electrons. The van der Waals surface area contributed by atoms with Gasteiger partial charge in [-0.15, -0.1) is 11.3 Å². The number of hydrogen-bond acceptors (Lipinski definition) is 5. The van der Waals surface area contributed by atoms with Gasteiger partial charge in [0.25, 0.3) is 5.56 Å². The quantitative estimate of drug-likeness (QED) is 0.542. The van der Waals surface area contributed by atoms with Gasteiger partial charge in [0.1, 0.15) is 10.7 Å². The molecule has 3 aromatic rings. The third kappa shape index (κ3) is 3.67. The molecule has 0 fully saturated rings. The number of carbonyl (C=O) groups excluding carboxylic acids is 1. The number of nitrogens with one attached hydrogen (secondary N) is 2. The summed E-state index contributed by atoms with van der Waals surface area (Å²) in [6, 6.07) is 3.25. The van der Waals surface area contributed by atoms with Crippen LogP contribution in [0.3, 0.4) is 0 Å². The number of aromatic amines is 1. The highest BCUT2D eigenvalue weighted by atomic mass is 32.1. The number of aromatic nitrogens is 2. The molecule has 3 rings (SSSR count). The van der Waals surface area contributed by atoms with Crippen LogP contribution in [0.1, 0.15) is 21.8 Å². The van der Waals surface area contributed by atoms with E-state index in [2.05, 4.69) is 20.5 Å². The normalized spacial score (nSPS) is 11.4. The predicted molar refractivity (Wildman–Crippen MR) is 95.5 cm³/mol. The predicted octanol–water partition coefficient (Wildman–Crippen LogP) is 2.57. The molecule has 2 N–H and O–H groups in total. The first-order valence-corrected chi connectivity index (χ1v) is 8.42. The zero-order chi connectivity index (χ0) is 18.8. The maximum absolute atomic E-state index is 13.1. The van der Waals surface area contributed by atoms with Crippen molar-refractivity contribution >= 4 is 33.7 Å². The van der Waals surface area contributed by atoms with Crippen molar-refractivity contribution in [1.29, 1.82) is 0 Å². The van der Waals surface area contributed by atoms with Gasteiger partial charge in [-0.05, 0) is 37.1 Å². The summed E-state index contributed by atoms with van der Waals surface area (Å²) in [5.74, 6) is -2.24. The summed E-state index contributed by atoms with van der Waals surface area (Å²) in [5, 5.41) is 4.22. The number of carbonyl (C=O) groups is 1. The smallest absolute Gasteiger partial charge is 0.259 e. The maximum Gasteiger partial charge on any atom is 0.259 e. The molecule has 0 aliphatic carbocycles. The van der Waals surface area contributed by atoms with Gasteiger partial charge in [0.15, 0.2) is 11.6 Å². The lowest BCUT2D eigenvalue weighted by Gasteiger charge is -2.01. The van der Waals surface area contributed by atoms with Crippen molar-refractivity contribution in [2.75, 3.05) is 0 Å². The number of nitrogens with zero attached hydrogens (tertiary/aromatic N) is 2. The van der Waals surface area contributed by atoms with Crippen LogP contribution in [0.5, 0.6) is 0 Å². The Kier molecular flexibility index (Phi) is 4.90. The lowest BCUT2D eigenvalue weighted by molar-refractivity contribution is -0.120. The van der Waals surface area contributed by atoms with Crippen LogP contribution in [-0.4, -0.2) is 22.1 Å². The number of halogens is 2. The summed E-state index contributed by atoms with van der Waals surface area (Å²) >= 11 is 1.39. The summed E-state index contributed by atoms with van der Waals surface area (Å²) in [6.45, 7) is 3.75. The van der Waals surface area contributed by atoms with E-state index >= 15 is 0 Å². The van der Waals surface area contributed by atoms with E-state index in [9.17, 15) is 18.4 Å². The highest BCUT2D eigenvalue weighted by Crippen LogP contribution is 2.25. The molecular formula is C17H14F2N4O2S. The van der Waals surface area contributed by atoms with Gasteiger partial charge in [-0.1, -0.05) is 6.07 Å². The molecule has 0 aliphatic heterocycles. The van der Waals surface area contributed by atoms with Crippen LogP contribution in [0.2, 0.25) is 0 Å². The standard InChI is InChI=1S/C17H14F2N4O2S/c1-8-9(2)26-17-15(8)16(25)21-13(22-17)6-14(24)23-20-7-10-3-4-11(18)12(19)5-10/h3-5,7H,6H2,1-2H3,(H,23,24)(H,21,22,25)/b20-7-. The van der Waals surface area contributed by atoms with E-state index in [0.717, 1.165) is 22.6 Å². The van der Waals surface area contributed by atoms with E-state index in [1.54, 1.807) is 0 Å². The number of H-pyrrole nitrogens is 1. The van der Waals surface area contributed by atoms with E-state index < -0.39 is 17.5 Å². The van der Waals surface area contributed by atoms with Gasteiger partial charge in [0, 0.05) is 4.88 Å². The van der Waals surface area contributed by atoms with E-state index in [4.69, 9.17) is 0 Å². The van der Waals surface area contributed by atoms with Gasteiger partial charge in [-0.25, -0.2) is 19.2 Å². The van der Waals surface area contributed by atoms with Crippen molar-refractivity contribution in [1.82, 2.24) is 15.4 Å². The molecule has 0 bridgehead atoms.